The summed E-state index contributed by atoms with van der Waals surface area (Å²) in [5.74, 6) is -0.262. The van der Waals surface area contributed by atoms with E-state index in [1.807, 2.05) is 0 Å². The fraction of sp³-hybridized carbons (Fsp3) is 0.214. The van der Waals surface area contributed by atoms with E-state index in [0.29, 0.717) is 17.3 Å². The van der Waals surface area contributed by atoms with E-state index in [2.05, 4.69) is 9.97 Å². The average Bonchev–Trinajstić information content (AvgIpc) is 2.47. The number of ketones is 1. The Morgan fingerprint density at radius 2 is 2.00 bits per heavy atom. The summed E-state index contributed by atoms with van der Waals surface area (Å²) in [6, 6.07) is 5.65. The molecule has 0 unspecified atom stereocenters. The van der Waals surface area contributed by atoms with Crippen molar-refractivity contribution >= 4 is 5.78 Å². The summed E-state index contributed by atoms with van der Waals surface area (Å²) in [5.41, 5.74) is 0.473. The van der Waals surface area contributed by atoms with E-state index in [4.69, 9.17) is 9.47 Å². The van der Waals surface area contributed by atoms with Crippen LogP contribution in [-0.4, -0.2) is 30.0 Å². The third kappa shape index (κ3) is 3.09. The molecular formula is C14H13FN2O3. The van der Waals surface area contributed by atoms with Crippen LogP contribution in [-0.2, 0) is 6.42 Å². The van der Waals surface area contributed by atoms with Crippen molar-refractivity contribution in [3.8, 4) is 11.6 Å². The second-order valence-corrected chi connectivity index (χ2v) is 4.00. The lowest BCUT2D eigenvalue weighted by molar-refractivity contribution is 0.0988. The third-order valence-electron chi connectivity index (χ3n) is 2.73. The molecule has 6 heteroatoms. The van der Waals surface area contributed by atoms with Crippen molar-refractivity contribution in [2.75, 3.05) is 14.2 Å². The Hall–Kier alpha value is -2.50. The Balaban J connectivity index is 2.19. The molecule has 1 heterocycles. The van der Waals surface area contributed by atoms with Crippen molar-refractivity contribution < 1.29 is 18.7 Å². The van der Waals surface area contributed by atoms with Crippen molar-refractivity contribution in [2.45, 2.75) is 6.42 Å². The van der Waals surface area contributed by atoms with Gasteiger partial charge < -0.3 is 9.47 Å². The first-order chi connectivity index (χ1) is 9.63. The Morgan fingerprint density at radius 1 is 1.20 bits per heavy atom. The number of carbonyl (C=O) groups excluding carboxylic acids is 1. The maximum Gasteiger partial charge on any atom is 0.216 e. The van der Waals surface area contributed by atoms with E-state index in [0.717, 1.165) is 0 Å². The Morgan fingerprint density at radius 3 is 2.65 bits per heavy atom. The van der Waals surface area contributed by atoms with Crippen LogP contribution in [0.2, 0.25) is 0 Å². The number of aromatic nitrogens is 2. The molecule has 0 aliphatic heterocycles. The summed E-state index contributed by atoms with van der Waals surface area (Å²) in [4.78, 5) is 19.9. The van der Waals surface area contributed by atoms with Gasteiger partial charge in [0, 0.05) is 12.1 Å². The van der Waals surface area contributed by atoms with Gasteiger partial charge in [-0.05, 0) is 12.1 Å². The average molecular weight is 276 g/mol. The van der Waals surface area contributed by atoms with Crippen LogP contribution in [0, 0.1) is 5.82 Å². The van der Waals surface area contributed by atoms with Gasteiger partial charge in [-0.1, -0.05) is 0 Å². The van der Waals surface area contributed by atoms with Crippen LogP contribution in [0.25, 0.3) is 0 Å². The fourth-order valence-corrected chi connectivity index (χ4v) is 1.69. The van der Waals surface area contributed by atoms with Crippen LogP contribution in [0.4, 0.5) is 4.39 Å². The highest BCUT2D eigenvalue weighted by molar-refractivity contribution is 5.97. The number of benzene rings is 1. The largest absolute Gasteiger partial charge is 0.497 e. The van der Waals surface area contributed by atoms with Crippen molar-refractivity contribution in [1.29, 1.82) is 0 Å². The molecule has 0 atom stereocenters. The lowest BCUT2D eigenvalue weighted by Crippen LogP contribution is -2.08. The molecule has 1 aromatic carbocycles. The molecule has 0 fully saturated rings. The van der Waals surface area contributed by atoms with Crippen molar-refractivity contribution in [1.82, 2.24) is 9.97 Å². The number of rotatable bonds is 5. The van der Waals surface area contributed by atoms with E-state index in [1.165, 1.54) is 38.7 Å². The second-order valence-electron chi connectivity index (χ2n) is 4.00. The SMILES string of the molecule is COc1ccc(C(=O)Cc2cc(OC)ncn2)c(F)c1. The number of ether oxygens (including phenoxy) is 2. The van der Waals surface area contributed by atoms with Crippen LogP contribution >= 0.6 is 0 Å². The van der Waals surface area contributed by atoms with E-state index < -0.39 is 5.82 Å². The summed E-state index contributed by atoms with van der Waals surface area (Å²) >= 11 is 0. The van der Waals surface area contributed by atoms with E-state index in [-0.39, 0.29) is 17.8 Å². The maximum atomic E-state index is 13.8. The topological polar surface area (TPSA) is 61.3 Å². The third-order valence-corrected chi connectivity index (χ3v) is 2.73. The molecule has 0 aliphatic rings. The van der Waals surface area contributed by atoms with E-state index in [1.54, 1.807) is 6.07 Å². The minimum Gasteiger partial charge on any atom is -0.497 e. The molecule has 1 aromatic heterocycles. The summed E-state index contributed by atoms with van der Waals surface area (Å²) in [6.45, 7) is 0. The number of methoxy groups -OCH3 is 2. The first-order valence-corrected chi connectivity index (χ1v) is 5.85. The van der Waals surface area contributed by atoms with Crippen LogP contribution in [0.15, 0.2) is 30.6 Å². The molecule has 0 radical (unpaired) electrons. The van der Waals surface area contributed by atoms with Crippen molar-refractivity contribution in [3.63, 3.8) is 0 Å². The van der Waals surface area contributed by atoms with Gasteiger partial charge in [0.2, 0.25) is 5.88 Å². The zero-order valence-electron chi connectivity index (χ0n) is 11.1. The normalized spacial score (nSPS) is 10.2. The smallest absolute Gasteiger partial charge is 0.216 e. The molecule has 2 aromatic rings. The predicted octanol–water partition coefficient (Wildman–Crippen LogP) is 2.06. The van der Waals surface area contributed by atoms with Gasteiger partial charge in [-0.2, -0.15) is 0 Å². The highest BCUT2D eigenvalue weighted by Gasteiger charge is 2.14. The van der Waals surface area contributed by atoms with Crippen LogP contribution < -0.4 is 9.47 Å². The number of hydrogen-bond acceptors (Lipinski definition) is 5. The number of nitrogens with zero attached hydrogens (tertiary/aromatic N) is 2. The van der Waals surface area contributed by atoms with Gasteiger partial charge in [-0.3, -0.25) is 4.79 Å². The monoisotopic (exact) mass is 276 g/mol. The highest BCUT2D eigenvalue weighted by atomic mass is 19.1. The zero-order chi connectivity index (χ0) is 14.5. The van der Waals surface area contributed by atoms with Gasteiger partial charge in [0.25, 0.3) is 0 Å². The Kier molecular flexibility index (Phi) is 4.24. The molecule has 0 saturated heterocycles. The first-order valence-electron chi connectivity index (χ1n) is 5.85. The van der Waals surface area contributed by atoms with Crippen LogP contribution in [0.5, 0.6) is 11.6 Å². The molecule has 0 amide bonds. The minimum absolute atomic E-state index is 0.00313. The van der Waals surface area contributed by atoms with Crippen molar-refractivity contribution in [2.24, 2.45) is 0 Å². The van der Waals surface area contributed by atoms with Crippen molar-refractivity contribution in [3.05, 3.63) is 47.7 Å². The van der Waals surface area contributed by atoms with Gasteiger partial charge in [0.1, 0.15) is 17.9 Å². The Labute approximate surface area is 115 Å². The molecule has 104 valence electrons. The van der Waals surface area contributed by atoms with E-state index in [9.17, 15) is 9.18 Å². The molecule has 0 aliphatic carbocycles. The second kappa shape index (κ2) is 6.10. The lowest BCUT2D eigenvalue weighted by atomic mass is 10.1. The maximum absolute atomic E-state index is 13.8. The molecule has 0 N–H and O–H groups in total. The van der Waals surface area contributed by atoms with Gasteiger partial charge in [-0.15, -0.1) is 0 Å². The highest BCUT2D eigenvalue weighted by Crippen LogP contribution is 2.18. The molecule has 20 heavy (non-hydrogen) atoms. The van der Waals surface area contributed by atoms with Crippen LogP contribution in [0.1, 0.15) is 16.1 Å². The standard InChI is InChI=1S/C14H13FN2O3/c1-19-10-3-4-11(12(15)7-10)13(18)5-9-6-14(20-2)17-8-16-9/h3-4,6-8H,5H2,1-2H3. The molecule has 0 spiro atoms. The summed E-state index contributed by atoms with van der Waals surface area (Å²) in [7, 11) is 2.90. The van der Waals surface area contributed by atoms with Gasteiger partial charge in [0.05, 0.1) is 31.9 Å². The zero-order valence-corrected chi connectivity index (χ0v) is 11.1. The minimum atomic E-state index is -0.615. The van der Waals surface area contributed by atoms with Crippen LogP contribution in [0.3, 0.4) is 0 Å². The first kappa shape index (κ1) is 13.9. The number of hydrogen-bond donors (Lipinski definition) is 0. The quantitative estimate of drug-likeness (QED) is 0.782. The van der Waals surface area contributed by atoms with E-state index >= 15 is 0 Å². The molecule has 5 nitrogen and oxygen atoms in total. The molecule has 0 saturated carbocycles. The molecule has 0 bridgehead atoms. The summed E-state index contributed by atoms with van der Waals surface area (Å²) < 4.78 is 23.6. The number of carbonyl (C=O) groups is 1. The van der Waals surface area contributed by atoms with Gasteiger partial charge in [-0.25, -0.2) is 14.4 Å². The fourth-order valence-electron chi connectivity index (χ4n) is 1.69. The predicted molar refractivity (Wildman–Crippen MR) is 69.6 cm³/mol. The summed E-state index contributed by atoms with van der Waals surface area (Å²) in [6.07, 6.45) is 1.27. The van der Waals surface area contributed by atoms with Gasteiger partial charge >= 0.3 is 0 Å². The molecular weight excluding hydrogens is 263 g/mol. The summed E-state index contributed by atoms with van der Waals surface area (Å²) in [5, 5.41) is 0. The lowest BCUT2D eigenvalue weighted by Gasteiger charge is -2.05. The van der Waals surface area contributed by atoms with Gasteiger partial charge in [0.15, 0.2) is 5.78 Å². The number of Topliss-reactive ketones (excluding diaryl/α,β-unsaturated/α-hetero) is 1. The number of halogens is 1. The Bertz CT molecular complexity index is 632. The molecule has 2 rings (SSSR count).